The second kappa shape index (κ2) is 5.21. The summed E-state index contributed by atoms with van der Waals surface area (Å²) in [5.74, 6) is -0.0161. The number of anilines is 1. The van der Waals surface area contributed by atoms with E-state index in [4.69, 9.17) is 0 Å². The van der Waals surface area contributed by atoms with E-state index < -0.39 is 0 Å². The number of benzene rings is 1. The van der Waals surface area contributed by atoms with Crippen LogP contribution in [0.2, 0.25) is 0 Å². The van der Waals surface area contributed by atoms with Crippen molar-refractivity contribution in [1.29, 1.82) is 0 Å². The fourth-order valence-corrected chi connectivity index (χ4v) is 2.46. The molecule has 1 aromatic rings. The first kappa shape index (κ1) is 12.0. The maximum Gasteiger partial charge on any atom is 0.251 e. The van der Waals surface area contributed by atoms with Crippen molar-refractivity contribution >= 4 is 11.6 Å². The molecule has 0 bridgehead atoms. The molecule has 0 aliphatic heterocycles. The third-order valence-corrected chi connectivity index (χ3v) is 3.52. The minimum atomic E-state index is -0.0161. The minimum absolute atomic E-state index is 0.0161. The minimum Gasteiger partial charge on any atom is -0.382 e. The summed E-state index contributed by atoms with van der Waals surface area (Å²) < 4.78 is 0. The van der Waals surface area contributed by atoms with Crippen LogP contribution >= 0.6 is 0 Å². The van der Waals surface area contributed by atoms with Crippen LogP contribution in [-0.2, 0) is 0 Å². The zero-order chi connectivity index (χ0) is 12.3. The van der Waals surface area contributed by atoms with Crippen molar-refractivity contribution in [2.45, 2.75) is 38.6 Å². The Balaban J connectivity index is 2.19. The normalized spacial score (nSPS) is 15.9. The summed E-state index contributed by atoms with van der Waals surface area (Å²) in [7, 11) is 1.67. The summed E-state index contributed by atoms with van der Waals surface area (Å²) in [4.78, 5) is 11.7. The molecule has 3 heteroatoms. The molecule has 1 aromatic carbocycles. The highest BCUT2D eigenvalue weighted by Crippen LogP contribution is 2.25. The highest BCUT2D eigenvalue weighted by Gasteiger charge is 2.16. The molecule has 0 aromatic heterocycles. The van der Waals surface area contributed by atoms with Gasteiger partial charge in [-0.25, -0.2) is 0 Å². The Labute approximate surface area is 103 Å². The molecule has 1 saturated carbocycles. The number of carbonyl (C=O) groups excluding carboxylic acids is 1. The Morgan fingerprint density at radius 3 is 2.65 bits per heavy atom. The third-order valence-electron chi connectivity index (χ3n) is 3.52. The van der Waals surface area contributed by atoms with E-state index >= 15 is 0 Å². The molecule has 0 saturated heterocycles. The van der Waals surface area contributed by atoms with Crippen molar-refractivity contribution in [3.05, 3.63) is 29.3 Å². The van der Waals surface area contributed by atoms with E-state index in [1.165, 1.54) is 25.7 Å². The van der Waals surface area contributed by atoms with Crippen LogP contribution in [0, 0.1) is 6.92 Å². The van der Waals surface area contributed by atoms with Gasteiger partial charge < -0.3 is 10.6 Å². The van der Waals surface area contributed by atoms with Crippen LogP contribution in [0.15, 0.2) is 18.2 Å². The van der Waals surface area contributed by atoms with Crippen LogP contribution in [0.3, 0.4) is 0 Å². The molecule has 1 amide bonds. The summed E-state index contributed by atoms with van der Waals surface area (Å²) in [6.45, 7) is 2.00. The van der Waals surface area contributed by atoms with Crippen LogP contribution in [-0.4, -0.2) is 19.0 Å². The number of carbonyl (C=O) groups is 1. The van der Waals surface area contributed by atoms with E-state index in [2.05, 4.69) is 16.7 Å². The van der Waals surface area contributed by atoms with Gasteiger partial charge in [0.15, 0.2) is 0 Å². The Morgan fingerprint density at radius 1 is 1.29 bits per heavy atom. The molecular formula is C14H20N2O. The maximum atomic E-state index is 11.7. The van der Waals surface area contributed by atoms with E-state index in [1.807, 2.05) is 19.1 Å². The highest BCUT2D eigenvalue weighted by molar-refractivity contribution is 5.96. The first-order valence-electron chi connectivity index (χ1n) is 6.30. The van der Waals surface area contributed by atoms with Gasteiger partial charge in [-0.05, 0) is 37.5 Å². The molecule has 3 nitrogen and oxygen atoms in total. The largest absolute Gasteiger partial charge is 0.382 e. The fraction of sp³-hybridized carbons (Fsp3) is 0.500. The van der Waals surface area contributed by atoms with Crippen LogP contribution < -0.4 is 10.6 Å². The molecule has 1 aliphatic carbocycles. The van der Waals surface area contributed by atoms with E-state index in [0.29, 0.717) is 6.04 Å². The Hall–Kier alpha value is -1.51. The van der Waals surface area contributed by atoms with Gasteiger partial charge in [0.25, 0.3) is 5.91 Å². The van der Waals surface area contributed by atoms with Crippen LogP contribution in [0.25, 0.3) is 0 Å². The monoisotopic (exact) mass is 232 g/mol. The van der Waals surface area contributed by atoms with Gasteiger partial charge in [-0.1, -0.05) is 18.9 Å². The average molecular weight is 232 g/mol. The lowest BCUT2D eigenvalue weighted by atomic mass is 10.1. The number of hydrogen-bond donors (Lipinski definition) is 2. The number of rotatable bonds is 3. The van der Waals surface area contributed by atoms with E-state index in [9.17, 15) is 4.79 Å². The van der Waals surface area contributed by atoms with Crippen molar-refractivity contribution < 1.29 is 4.79 Å². The second-order valence-electron chi connectivity index (χ2n) is 4.68. The molecule has 2 rings (SSSR count). The van der Waals surface area contributed by atoms with Gasteiger partial charge >= 0.3 is 0 Å². The van der Waals surface area contributed by atoms with Crippen LogP contribution in [0.5, 0.6) is 0 Å². The number of nitrogens with one attached hydrogen (secondary N) is 2. The van der Waals surface area contributed by atoms with Crippen molar-refractivity contribution in [3.8, 4) is 0 Å². The van der Waals surface area contributed by atoms with E-state index in [0.717, 1.165) is 16.8 Å². The predicted molar refractivity (Wildman–Crippen MR) is 70.4 cm³/mol. The predicted octanol–water partition coefficient (Wildman–Crippen LogP) is 2.71. The topological polar surface area (TPSA) is 41.1 Å². The Bertz CT molecular complexity index is 409. The zero-order valence-corrected chi connectivity index (χ0v) is 10.5. The second-order valence-corrected chi connectivity index (χ2v) is 4.68. The zero-order valence-electron chi connectivity index (χ0n) is 10.5. The summed E-state index contributed by atoms with van der Waals surface area (Å²) >= 11 is 0. The first-order chi connectivity index (χ1) is 8.22. The standard InChI is InChI=1S/C14H20N2O/c1-10-12(14(17)15-2)8-5-9-13(10)16-11-6-3-4-7-11/h5,8-9,11,16H,3-4,6-7H2,1-2H3,(H,15,17). The summed E-state index contributed by atoms with van der Waals surface area (Å²) in [5, 5.41) is 6.22. The quantitative estimate of drug-likeness (QED) is 0.841. The van der Waals surface area contributed by atoms with Gasteiger partial charge in [-0.3, -0.25) is 4.79 Å². The van der Waals surface area contributed by atoms with Gasteiger partial charge in [-0.15, -0.1) is 0 Å². The molecule has 1 fully saturated rings. The van der Waals surface area contributed by atoms with Crippen molar-refractivity contribution in [1.82, 2.24) is 5.32 Å². The molecule has 0 atom stereocenters. The van der Waals surface area contributed by atoms with Crippen LogP contribution in [0.1, 0.15) is 41.6 Å². The molecular weight excluding hydrogens is 212 g/mol. The van der Waals surface area contributed by atoms with E-state index in [1.54, 1.807) is 7.05 Å². The fourth-order valence-electron chi connectivity index (χ4n) is 2.46. The molecule has 0 heterocycles. The first-order valence-corrected chi connectivity index (χ1v) is 6.30. The van der Waals surface area contributed by atoms with Crippen LogP contribution in [0.4, 0.5) is 5.69 Å². The number of hydrogen-bond acceptors (Lipinski definition) is 2. The Kier molecular flexibility index (Phi) is 3.67. The summed E-state index contributed by atoms with van der Waals surface area (Å²) in [6.07, 6.45) is 5.10. The van der Waals surface area contributed by atoms with Gasteiger partial charge in [0, 0.05) is 24.3 Å². The van der Waals surface area contributed by atoms with Gasteiger partial charge in [0.2, 0.25) is 0 Å². The third kappa shape index (κ3) is 2.60. The van der Waals surface area contributed by atoms with Gasteiger partial charge in [-0.2, -0.15) is 0 Å². The SMILES string of the molecule is CNC(=O)c1cccc(NC2CCCC2)c1C. The lowest BCUT2D eigenvalue weighted by Crippen LogP contribution is -2.21. The molecule has 92 valence electrons. The molecule has 2 N–H and O–H groups in total. The van der Waals surface area contributed by atoms with Crippen molar-refractivity contribution in [2.75, 3.05) is 12.4 Å². The average Bonchev–Trinajstić information content (AvgIpc) is 2.84. The van der Waals surface area contributed by atoms with E-state index in [-0.39, 0.29) is 5.91 Å². The Morgan fingerprint density at radius 2 is 2.00 bits per heavy atom. The summed E-state index contributed by atoms with van der Waals surface area (Å²) in [6, 6.07) is 6.44. The van der Waals surface area contributed by atoms with Gasteiger partial charge in [0.05, 0.1) is 0 Å². The lowest BCUT2D eigenvalue weighted by molar-refractivity contribution is 0.0962. The smallest absolute Gasteiger partial charge is 0.251 e. The summed E-state index contributed by atoms with van der Waals surface area (Å²) in [5.41, 5.74) is 2.90. The molecule has 1 aliphatic rings. The maximum absolute atomic E-state index is 11.7. The van der Waals surface area contributed by atoms with Crippen molar-refractivity contribution in [2.24, 2.45) is 0 Å². The molecule has 0 radical (unpaired) electrons. The molecule has 0 spiro atoms. The molecule has 17 heavy (non-hydrogen) atoms. The lowest BCUT2D eigenvalue weighted by Gasteiger charge is -2.17. The highest BCUT2D eigenvalue weighted by atomic mass is 16.1. The molecule has 0 unspecified atom stereocenters. The van der Waals surface area contributed by atoms with Crippen molar-refractivity contribution in [3.63, 3.8) is 0 Å². The van der Waals surface area contributed by atoms with Gasteiger partial charge in [0.1, 0.15) is 0 Å². The number of amides is 1.